The lowest BCUT2D eigenvalue weighted by Crippen LogP contribution is -2.07. The van der Waals surface area contributed by atoms with Crippen molar-refractivity contribution in [3.8, 4) is 0 Å². The molecule has 11 heavy (non-hydrogen) atoms. The van der Waals surface area contributed by atoms with Crippen LogP contribution in [0.5, 0.6) is 0 Å². The molecule has 0 nitrogen and oxygen atoms in total. The fraction of sp³-hybridized carbons (Fsp3) is 1.00. The lowest BCUT2D eigenvalue weighted by atomic mass is 10.1. The van der Waals surface area contributed by atoms with Crippen LogP contribution in [0.25, 0.3) is 0 Å². The van der Waals surface area contributed by atoms with Gasteiger partial charge in [0.15, 0.2) is 5.08 Å². The first-order chi connectivity index (χ1) is 5.18. The van der Waals surface area contributed by atoms with Gasteiger partial charge in [0.05, 0.1) is 4.83 Å². The predicted molar refractivity (Wildman–Crippen MR) is 55.3 cm³/mol. The molecule has 0 N–H and O–H groups in total. The summed E-state index contributed by atoms with van der Waals surface area (Å²) in [4.78, 5) is -0.0145. The van der Waals surface area contributed by atoms with Crippen molar-refractivity contribution in [3.63, 3.8) is 0 Å². The standard InChI is InChI=1S/C8H15Br2F/c1-2-3-4-5-6-7(9)8(10)11/h7-8H,2-6H2,1H3. The zero-order valence-electron chi connectivity index (χ0n) is 6.82. The zero-order chi connectivity index (χ0) is 8.69. The van der Waals surface area contributed by atoms with Crippen molar-refractivity contribution in [1.29, 1.82) is 0 Å². The highest BCUT2D eigenvalue weighted by Crippen LogP contribution is 2.21. The molecule has 0 spiro atoms. The Hall–Kier alpha value is 0.890. The third kappa shape index (κ3) is 7.26. The molecular weight excluding hydrogens is 275 g/mol. The van der Waals surface area contributed by atoms with E-state index in [1.54, 1.807) is 0 Å². The Morgan fingerprint density at radius 1 is 1.18 bits per heavy atom. The van der Waals surface area contributed by atoms with Gasteiger partial charge in [-0.3, -0.25) is 0 Å². The van der Waals surface area contributed by atoms with Gasteiger partial charge in [0.25, 0.3) is 0 Å². The first-order valence-corrected chi connectivity index (χ1v) is 5.93. The Labute approximate surface area is 85.2 Å². The molecule has 68 valence electrons. The highest BCUT2D eigenvalue weighted by atomic mass is 79.9. The van der Waals surface area contributed by atoms with Gasteiger partial charge in [0, 0.05) is 0 Å². The number of alkyl halides is 3. The average Bonchev–Trinajstić information content (AvgIpc) is 1.97. The number of hydrogen-bond donors (Lipinski definition) is 0. The van der Waals surface area contributed by atoms with Crippen LogP contribution in [0.1, 0.15) is 39.0 Å². The molecule has 0 saturated carbocycles. The van der Waals surface area contributed by atoms with Crippen molar-refractivity contribution in [2.45, 2.75) is 48.9 Å². The maximum absolute atomic E-state index is 12.5. The van der Waals surface area contributed by atoms with E-state index in [0.29, 0.717) is 0 Å². The van der Waals surface area contributed by atoms with Crippen molar-refractivity contribution in [1.82, 2.24) is 0 Å². The quantitative estimate of drug-likeness (QED) is 0.502. The molecule has 2 unspecified atom stereocenters. The summed E-state index contributed by atoms with van der Waals surface area (Å²) >= 11 is 6.17. The number of hydrogen-bond acceptors (Lipinski definition) is 0. The summed E-state index contributed by atoms with van der Waals surface area (Å²) in [7, 11) is 0. The van der Waals surface area contributed by atoms with Crippen LogP contribution >= 0.6 is 31.9 Å². The smallest absolute Gasteiger partial charge is 0.167 e. The van der Waals surface area contributed by atoms with Crippen LogP contribution in [-0.2, 0) is 0 Å². The van der Waals surface area contributed by atoms with E-state index in [1.165, 1.54) is 19.3 Å². The fourth-order valence-electron chi connectivity index (χ4n) is 0.892. The van der Waals surface area contributed by atoms with Crippen LogP contribution in [0, 0.1) is 0 Å². The normalized spacial score (nSPS) is 16.4. The predicted octanol–water partition coefficient (Wildman–Crippen LogP) is 4.41. The van der Waals surface area contributed by atoms with Crippen LogP contribution in [0.4, 0.5) is 4.39 Å². The molecular formula is C8H15Br2F. The average molecular weight is 290 g/mol. The van der Waals surface area contributed by atoms with E-state index in [2.05, 4.69) is 38.8 Å². The third-order valence-corrected chi connectivity index (χ3v) is 3.88. The maximum Gasteiger partial charge on any atom is 0.167 e. The topological polar surface area (TPSA) is 0 Å². The Morgan fingerprint density at radius 2 is 1.82 bits per heavy atom. The largest absolute Gasteiger partial charge is 0.234 e. The summed E-state index contributed by atoms with van der Waals surface area (Å²) in [6, 6.07) is 0. The van der Waals surface area contributed by atoms with Gasteiger partial charge in [0.1, 0.15) is 0 Å². The van der Waals surface area contributed by atoms with Crippen molar-refractivity contribution < 1.29 is 4.39 Å². The molecule has 0 saturated heterocycles. The Bertz CT molecular complexity index is 86.2. The summed E-state index contributed by atoms with van der Waals surface area (Å²) in [6.45, 7) is 2.17. The lowest BCUT2D eigenvalue weighted by molar-refractivity contribution is 0.433. The first kappa shape index (κ1) is 11.9. The van der Waals surface area contributed by atoms with Gasteiger partial charge in [-0.2, -0.15) is 0 Å². The van der Waals surface area contributed by atoms with Crippen LogP contribution in [-0.4, -0.2) is 9.91 Å². The summed E-state index contributed by atoms with van der Waals surface area (Å²) in [5.74, 6) is 0. The van der Waals surface area contributed by atoms with Gasteiger partial charge in [-0.1, -0.05) is 64.5 Å². The molecule has 0 aromatic heterocycles. The number of unbranched alkanes of at least 4 members (excludes halogenated alkanes) is 3. The summed E-state index contributed by atoms with van der Waals surface area (Å²) in [5.41, 5.74) is 0. The third-order valence-electron chi connectivity index (χ3n) is 1.61. The molecule has 0 aromatic rings. The van der Waals surface area contributed by atoms with Gasteiger partial charge < -0.3 is 0 Å². The highest BCUT2D eigenvalue weighted by Gasteiger charge is 2.12. The van der Waals surface area contributed by atoms with E-state index in [9.17, 15) is 4.39 Å². The lowest BCUT2D eigenvalue weighted by Gasteiger charge is -2.08. The van der Waals surface area contributed by atoms with Gasteiger partial charge in [-0.05, 0) is 6.42 Å². The minimum atomic E-state index is -0.899. The van der Waals surface area contributed by atoms with Crippen LogP contribution in [0.3, 0.4) is 0 Å². The maximum atomic E-state index is 12.5. The summed E-state index contributed by atoms with van der Waals surface area (Å²) in [5, 5.41) is -0.899. The van der Waals surface area contributed by atoms with Gasteiger partial charge >= 0.3 is 0 Å². The molecule has 0 heterocycles. The molecule has 0 bridgehead atoms. The van der Waals surface area contributed by atoms with Crippen molar-refractivity contribution >= 4 is 31.9 Å². The fourth-order valence-corrected chi connectivity index (χ4v) is 1.48. The second-order valence-electron chi connectivity index (χ2n) is 2.70. The van der Waals surface area contributed by atoms with Gasteiger partial charge in [0.2, 0.25) is 0 Å². The van der Waals surface area contributed by atoms with Crippen molar-refractivity contribution in [2.75, 3.05) is 0 Å². The van der Waals surface area contributed by atoms with Gasteiger partial charge in [-0.15, -0.1) is 0 Å². The molecule has 0 aliphatic carbocycles. The number of halogens is 3. The zero-order valence-corrected chi connectivity index (χ0v) is 10.00. The van der Waals surface area contributed by atoms with Crippen molar-refractivity contribution in [2.24, 2.45) is 0 Å². The number of rotatable bonds is 6. The second kappa shape index (κ2) is 7.53. The summed E-state index contributed by atoms with van der Waals surface area (Å²) < 4.78 is 12.5. The monoisotopic (exact) mass is 288 g/mol. The molecule has 0 radical (unpaired) electrons. The van der Waals surface area contributed by atoms with E-state index >= 15 is 0 Å². The molecule has 0 fully saturated rings. The molecule has 3 heteroatoms. The second-order valence-corrected chi connectivity index (χ2v) is 4.75. The SMILES string of the molecule is CCCCCCC(Br)C(F)Br. The molecule has 0 amide bonds. The van der Waals surface area contributed by atoms with E-state index < -0.39 is 5.08 Å². The van der Waals surface area contributed by atoms with Crippen LogP contribution in [0.15, 0.2) is 0 Å². The first-order valence-electron chi connectivity index (χ1n) is 4.10. The van der Waals surface area contributed by atoms with Crippen LogP contribution in [0.2, 0.25) is 0 Å². The molecule has 0 rings (SSSR count). The van der Waals surface area contributed by atoms with E-state index in [-0.39, 0.29) is 4.83 Å². The highest BCUT2D eigenvalue weighted by molar-refractivity contribution is 9.12. The van der Waals surface area contributed by atoms with Gasteiger partial charge in [-0.25, -0.2) is 4.39 Å². The minimum absolute atomic E-state index is 0.0145. The van der Waals surface area contributed by atoms with Crippen molar-refractivity contribution in [3.05, 3.63) is 0 Å². The molecule has 2 atom stereocenters. The Kier molecular flexibility index (Phi) is 8.14. The molecule has 0 aliphatic heterocycles. The van der Waals surface area contributed by atoms with E-state index in [4.69, 9.17) is 0 Å². The minimum Gasteiger partial charge on any atom is -0.234 e. The van der Waals surface area contributed by atoms with E-state index in [1.807, 2.05) is 0 Å². The summed E-state index contributed by atoms with van der Waals surface area (Å²) in [6.07, 6.45) is 5.76. The van der Waals surface area contributed by atoms with E-state index in [0.717, 1.165) is 12.8 Å². The molecule has 0 aromatic carbocycles. The van der Waals surface area contributed by atoms with Crippen LogP contribution < -0.4 is 0 Å². The Balaban J connectivity index is 3.10. The Morgan fingerprint density at radius 3 is 2.27 bits per heavy atom. The molecule has 0 aliphatic rings.